The predicted octanol–water partition coefficient (Wildman–Crippen LogP) is 1.98. The molecule has 0 aromatic carbocycles. The first-order valence-electron chi connectivity index (χ1n) is 5.05. The first kappa shape index (κ1) is 14.4. The van der Waals surface area contributed by atoms with Gasteiger partial charge in [-0.2, -0.15) is 0 Å². The van der Waals surface area contributed by atoms with Crippen LogP contribution in [0, 0.1) is 0 Å². The molecule has 0 aliphatic rings. The number of rotatable bonds is 10. The van der Waals surface area contributed by atoms with Gasteiger partial charge in [0, 0.05) is 0 Å². The SMILES string of the molecule is C=CC[N](CC=C)[Al+][N](CC=C)CC=C.[H-]. The summed E-state index contributed by atoms with van der Waals surface area (Å²) in [6.07, 6.45) is 7.71. The second kappa shape index (κ2) is 9.95. The van der Waals surface area contributed by atoms with Gasteiger partial charge in [0.05, 0.1) is 0 Å². The van der Waals surface area contributed by atoms with Gasteiger partial charge in [0.15, 0.2) is 0 Å². The van der Waals surface area contributed by atoms with Crippen LogP contribution in [0.4, 0.5) is 0 Å². The van der Waals surface area contributed by atoms with Gasteiger partial charge >= 0.3 is 100 Å². The third-order valence-electron chi connectivity index (χ3n) is 1.78. The molecule has 0 heterocycles. The summed E-state index contributed by atoms with van der Waals surface area (Å²) < 4.78 is 4.68. The topological polar surface area (TPSA) is 6.48 Å². The minimum Gasteiger partial charge on any atom is -1.00 e. The number of nitrogens with zero attached hydrogens (tertiary/aromatic N) is 2. The molecule has 82 valence electrons. The predicted molar refractivity (Wildman–Crippen MR) is 70.8 cm³/mol. The summed E-state index contributed by atoms with van der Waals surface area (Å²) in [5.74, 6) is 0. The summed E-state index contributed by atoms with van der Waals surface area (Å²) in [7, 11) is 0. The van der Waals surface area contributed by atoms with Crippen molar-refractivity contribution < 1.29 is 1.43 Å². The molecule has 0 fully saturated rings. The fraction of sp³-hybridized carbons (Fsp3) is 0.333. The monoisotopic (exact) mass is 220 g/mol. The molecule has 3 heteroatoms. The van der Waals surface area contributed by atoms with Crippen LogP contribution in [-0.4, -0.2) is 49.6 Å². The summed E-state index contributed by atoms with van der Waals surface area (Å²) in [4.78, 5) is 0. The minimum atomic E-state index is 0. The Balaban J connectivity index is 0. The molecule has 0 aliphatic heterocycles. The smallest absolute Gasteiger partial charge is 1.00 e. The minimum absolute atomic E-state index is 0. The normalized spacial score (nSPS) is 9.73. The van der Waals surface area contributed by atoms with Crippen molar-refractivity contribution in [1.82, 2.24) is 7.77 Å². The molecule has 2 nitrogen and oxygen atoms in total. The zero-order valence-corrected chi connectivity index (χ0v) is 10.6. The molecular formula is C12H21AlN2. The number of hydrogen-bond donors (Lipinski definition) is 0. The Bertz CT molecular complexity index is 177. The maximum atomic E-state index is 3.76. The van der Waals surface area contributed by atoms with Gasteiger partial charge in [0.25, 0.3) is 0 Å². The number of hydrogen-bond acceptors (Lipinski definition) is 2. The molecule has 0 saturated carbocycles. The second-order valence-corrected chi connectivity index (χ2v) is 4.87. The van der Waals surface area contributed by atoms with Crippen molar-refractivity contribution in [3.63, 3.8) is 0 Å². The average molecular weight is 220 g/mol. The third kappa shape index (κ3) is 7.35. The van der Waals surface area contributed by atoms with Crippen molar-refractivity contribution in [2.75, 3.05) is 26.2 Å². The zero-order chi connectivity index (χ0) is 11.5. The zero-order valence-electron chi connectivity index (χ0n) is 10.4. The Morgan fingerprint density at radius 2 is 1.00 bits per heavy atom. The van der Waals surface area contributed by atoms with Crippen LogP contribution in [0.2, 0.25) is 0 Å². The molecule has 0 radical (unpaired) electrons. The van der Waals surface area contributed by atoms with Gasteiger partial charge in [-0.3, -0.25) is 0 Å². The van der Waals surface area contributed by atoms with Crippen molar-refractivity contribution in [3.05, 3.63) is 50.6 Å². The molecule has 0 spiro atoms. The third-order valence-corrected chi connectivity index (χ3v) is 3.28. The molecule has 0 aliphatic carbocycles. The average Bonchev–Trinajstić information content (AvgIpc) is 2.19. The van der Waals surface area contributed by atoms with E-state index in [1.807, 2.05) is 24.3 Å². The van der Waals surface area contributed by atoms with Gasteiger partial charge in [-0.25, -0.2) is 0 Å². The fourth-order valence-electron chi connectivity index (χ4n) is 1.23. The van der Waals surface area contributed by atoms with Gasteiger partial charge in [-0.15, -0.1) is 0 Å². The van der Waals surface area contributed by atoms with Crippen molar-refractivity contribution in [2.45, 2.75) is 0 Å². The van der Waals surface area contributed by atoms with E-state index in [1.165, 1.54) is 0 Å². The molecule has 0 aromatic rings. The van der Waals surface area contributed by atoms with Crippen LogP contribution in [0.3, 0.4) is 0 Å². The molecule has 0 amide bonds. The van der Waals surface area contributed by atoms with E-state index in [9.17, 15) is 0 Å². The van der Waals surface area contributed by atoms with Crippen LogP contribution in [0.1, 0.15) is 1.43 Å². The first-order valence-corrected chi connectivity index (χ1v) is 6.08. The quantitative estimate of drug-likeness (QED) is 0.410. The van der Waals surface area contributed by atoms with Gasteiger partial charge in [-0.05, 0) is 0 Å². The molecule has 0 rings (SSSR count). The maximum absolute atomic E-state index is 3.76. The molecule has 0 unspecified atom stereocenters. The van der Waals surface area contributed by atoms with Gasteiger partial charge in [0.2, 0.25) is 0 Å². The Kier molecular flexibility index (Phi) is 9.56. The van der Waals surface area contributed by atoms with E-state index < -0.39 is 0 Å². The first-order chi connectivity index (χ1) is 7.28. The molecule has 0 atom stereocenters. The summed E-state index contributed by atoms with van der Waals surface area (Å²) in [5, 5.41) is 0. The van der Waals surface area contributed by atoms with Crippen molar-refractivity contribution in [2.24, 2.45) is 0 Å². The van der Waals surface area contributed by atoms with Crippen LogP contribution < -0.4 is 0 Å². The summed E-state index contributed by atoms with van der Waals surface area (Å²) >= 11 is 0.100. The van der Waals surface area contributed by atoms with E-state index in [4.69, 9.17) is 0 Å². The second-order valence-electron chi connectivity index (χ2n) is 3.18. The molecule has 15 heavy (non-hydrogen) atoms. The standard InChI is InChI=1S/2C6H10N.Al.H/c2*1-3-5-7-6-4-2;;/h2*3-4H,1-2,5-6H2;;/q2*-1;+3;-1. The fourth-order valence-corrected chi connectivity index (χ4v) is 2.67. The molecular weight excluding hydrogens is 199 g/mol. The Morgan fingerprint density at radius 1 is 0.733 bits per heavy atom. The molecule has 0 aromatic heterocycles. The van der Waals surface area contributed by atoms with Gasteiger partial charge in [-0.1, -0.05) is 0 Å². The van der Waals surface area contributed by atoms with Crippen LogP contribution in [0.5, 0.6) is 0 Å². The van der Waals surface area contributed by atoms with E-state index in [0.29, 0.717) is 0 Å². The summed E-state index contributed by atoms with van der Waals surface area (Å²) in [6.45, 7) is 18.7. The van der Waals surface area contributed by atoms with Crippen molar-refractivity contribution in [1.29, 1.82) is 0 Å². The van der Waals surface area contributed by atoms with Crippen LogP contribution in [-0.2, 0) is 0 Å². The maximum Gasteiger partial charge on any atom is -1.00 e. The molecule has 0 saturated heterocycles. The van der Waals surface area contributed by atoms with E-state index in [-0.39, 0.29) is 17.1 Å². The van der Waals surface area contributed by atoms with Crippen molar-refractivity contribution >= 4 is 15.7 Å². The molecule has 0 bridgehead atoms. The van der Waals surface area contributed by atoms with Crippen LogP contribution in [0.15, 0.2) is 50.6 Å². The Hall–Kier alpha value is -0.588. The van der Waals surface area contributed by atoms with E-state index in [2.05, 4.69) is 34.1 Å². The Labute approximate surface area is 102 Å². The van der Waals surface area contributed by atoms with E-state index >= 15 is 0 Å². The summed E-state index contributed by atoms with van der Waals surface area (Å²) in [5.41, 5.74) is 0. The Morgan fingerprint density at radius 3 is 1.20 bits per heavy atom. The van der Waals surface area contributed by atoms with E-state index in [1.54, 1.807) is 0 Å². The van der Waals surface area contributed by atoms with Gasteiger partial charge in [0.1, 0.15) is 0 Å². The largest absolute Gasteiger partial charge is 1.00 e. The summed E-state index contributed by atoms with van der Waals surface area (Å²) in [6, 6.07) is 0. The van der Waals surface area contributed by atoms with Crippen LogP contribution >= 0.6 is 0 Å². The van der Waals surface area contributed by atoms with Gasteiger partial charge < -0.3 is 1.43 Å². The van der Waals surface area contributed by atoms with Crippen molar-refractivity contribution in [3.8, 4) is 0 Å². The molecule has 0 N–H and O–H groups in total. The van der Waals surface area contributed by atoms with E-state index in [0.717, 1.165) is 26.2 Å². The van der Waals surface area contributed by atoms with Crippen LogP contribution in [0.25, 0.3) is 0 Å².